The monoisotopic (exact) mass is 251 g/mol. The first kappa shape index (κ1) is 14.5. The molecule has 0 saturated carbocycles. The van der Waals surface area contributed by atoms with Crippen LogP contribution in [0.2, 0.25) is 0 Å². The van der Waals surface area contributed by atoms with Crippen LogP contribution in [0.4, 0.5) is 10.5 Å². The van der Waals surface area contributed by atoms with Gasteiger partial charge >= 0.3 is 6.03 Å². The van der Waals surface area contributed by atoms with Gasteiger partial charge < -0.3 is 21.5 Å². The lowest BCUT2D eigenvalue weighted by atomic mass is 10.1. The van der Waals surface area contributed by atoms with E-state index >= 15 is 0 Å². The highest BCUT2D eigenvalue weighted by atomic mass is 16.3. The maximum Gasteiger partial charge on any atom is 0.316 e. The third kappa shape index (κ3) is 5.16. The molecule has 100 valence electrons. The Hall–Kier alpha value is -1.59. The molecule has 0 heterocycles. The molecule has 18 heavy (non-hydrogen) atoms. The van der Waals surface area contributed by atoms with Crippen molar-refractivity contribution in [3.63, 3.8) is 0 Å². The van der Waals surface area contributed by atoms with Gasteiger partial charge in [-0.2, -0.15) is 0 Å². The summed E-state index contributed by atoms with van der Waals surface area (Å²) in [5.41, 5.74) is 6.04. The van der Waals surface area contributed by atoms with E-state index in [4.69, 9.17) is 5.73 Å². The zero-order valence-electron chi connectivity index (χ0n) is 11.0. The van der Waals surface area contributed by atoms with Crippen LogP contribution >= 0.6 is 0 Å². The SMILES string of the molecule is CC(NCC(C)(C)O)c1ccc(NC(N)=O)cc1. The zero-order chi connectivity index (χ0) is 13.8. The molecule has 1 atom stereocenters. The van der Waals surface area contributed by atoms with Crippen molar-refractivity contribution in [1.29, 1.82) is 0 Å². The van der Waals surface area contributed by atoms with Gasteiger partial charge in [0.25, 0.3) is 0 Å². The van der Waals surface area contributed by atoms with Crippen LogP contribution < -0.4 is 16.4 Å². The number of primary amides is 1. The van der Waals surface area contributed by atoms with Crippen molar-refractivity contribution in [3.8, 4) is 0 Å². The van der Waals surface area contributed by atoms with E-state index in [0.29, 0.717) is 12.2 Å². The van der Waals surface area contributed by atoms with Crippen molar-refractivity contribution < 1.29 is 9.90 Å². The molecule has 1 aromatic carbocycles. The summed E-state index contributed by atoms with van der Waals surface area (Å²) in [5, 5.41) is 15.4. The number of nitrogens with two attached hydrogens (primary N) is 1. The number of benzene rings is 1. The van der Waals surface area contributed by atoms with E-state index in [0.717, 1.165) is 5.56 Å². The Morgan fingerprint density at radius 2 is 1.94 bits per heavy atom. The molecule has 5 heteroatoms. The minimum atomic E-state index is -0.734. The number of amides is 2. The van der Waals surface area contributed by atoms with Gasteiger partial charge in [-0.15, -0.1) is 0 Å². The van der Waals surface area contributed by atoms with Gasteiger partial charge in [0.05, 0.1) is 5.60 Å². The number of aliphatic hydroxyl groups is 1. The van der Waals surface area contributed by atoms with Crippen LogP contribution in [0.1, 0.15) is 32.4 Å². The minimum absolute atomic E-state index is 0.124. The molecule has 0 saturated heterocycles. The smallest absolute Gasteiger partial charge is 0.316 e. The Labute approximate surface area is 107 Å². The summed E-state index contributed by atoms with van der Waals surface area (Å²) in [6.07, 6.45) is 0. The number of hydrogen-bond acceptors (Lipinski definition) is 3. The van der Waals surface area contributed by atoms with Crippen molar-refractivity contribution in [3.05, 3.63) is 29.8 Å². The number of nitrogens with one attached hydrogen (secondary N) is 2. The van der Waals surface area contributed by atoms with Crippen molar-refractivity contribution in [2.24, 2.45) is 5.73 Å². The average molecular weight is 251 g/mol. The topological polar surface area (TPSA) is 87.4 Å². The fraction of sp³-hybridized carbons (Fsp3) is 0.462. The summed E-state index contributed by atoms with van der Waals surface area (Å²) in [6, 6.07) is 6.96. The predicted octanol–water partition coefficient (Wildman–Crippen LogP) is 1.60. The lowest BCUT2D eigenvalue weighted by Gasteiger charge is -2.22. The molecule has 0 spiro atoms. The summed E-state index contributed by atoms with van der Waals surface area (Å²) in [5.74, 6) is 0. The highest BCUT2D eigenvalue weighted by molar-refractivity contribution is 5.87. The fourth-order valence-corrected chi connectivity index (χ4v) is 1.52. The normalized spacial score (nSPS) is 13.1. The Morgan fingerprint density at radius 3 is 2.39 bits per heavy atom. The number of carbonyl (C=O) groups excluding carboxylic acids is 1. The largest absolute Gasteiger partial charge is 0.389 e. The molecule has 0 bridgehead atoms. The molecular formula is C13H21N3O2. The molecule has 0 aliphatic carbocycles. The van der Waals surface area contributed by atoms with Gasteiger partial charge in [-0.3, -0.25) is 0 Å². The standard InChI is InChI=1S/C13H21N3O2/c1-9(15-8-13(2,3)18)10-4-6-11(7-5-10)16-12(14)17/h4-7,9,15,18H,8H2,1-3H3,(H3,14,16,17). The number of anilines is 1. The van der Waals surface area contributed by atoms with E-state index in [-0.39, 0.29) is 6.04 Å². The average Bonchev–Trinajstić information content (AvgIpc) is 2.25. The first-order chi connectivity index (χ1) is 8.28. The van der Waals surface area contributed by atoms with Gasteiger partial charge in [-0.05, 0) is 38.5 Å². The van der Waals surface area contributed by atoms with Crippen LogP contribution in [0, 0.1) is 0 Å². The van der Waals surface area contributed by atoms with E-state index in [1.165, 1.54) is 0 Å². The van der Waals surface area contributed by atoms with Crippen LogP contribution in [0.3, 0.4) is 0 Å². The summed E-state index contributed by atoms with van der Waals surface area (Å²) in [4.78, 5) is 10.7. The number of rotatable bonds is 5. The molecule has 0 aliphatic rings. The lowest BCUT2D eigenvalue weighted by molar-refractivity contribution is 0.0770. The molecule has 0 fully saturated rings. The quantitative estimate of drug-likeness (QED) is 0.641. The molecule has 1 rings (SSSR count). The van der Waals surface area contributed by atoms with Crippen molar-refractivity contribution >= 4 is 11.7 Å². The number of hydrogen-bond donors (Lipinski definition) is 4. The molecule has 1 aromatic rings. The Morgan fingerprint density at radius 1 is 1.39 bits per heavy atom. The van der Waals surface area contributed by atoms with E-state index in [1.807, 2.05) is 19.1 Å². The van der Waals surface area contributed by atoms with E-state index in [1.54, 1.807) is 26.0 Å². The zero-order valence-corrected chi connectivity index (χ0v) is 11.0. The summed E-state index contributed by atoms with van der Waals surface area (Å²) < 4.78 is 0. The van der Waals surface area contributed by atoms with Gasteiger partial charge in [0.15, 0.2) is 0 Å². The summed E-state index contributed by atoms with van der Waals surface area (Å²) in [7, 11) is 0. The van der Waals surface area contributed by atoms with Gasteiger partial charge in [0.2, 0.25) is 0 Å². The van der Waals surface area contributed by atoms with Crippen LogP contribution in [0.15, 0.2) is 24.3 Å². The van der Waals surface area contributed by atoms with Gasteiger partial charge in [-0.1, -0.05) is 12.1 Å². The van der Waals surface area contributed by atoms with Crippen molar-refractivity contribution in [2.75, 3.05) is 11.9 Å². The molecular weight excluding hydrogens is 230 g/mol. The molecule has 0 aromatic heterocycles. The highest BCUT2D eigenvalue weighted by Crippen LogP contribution is 2.16. The molecule has 5 N–H and O–H groups in total. The molecule has 5 nitrogen and oxygen atoms in total. The minimum Gasteiger partial charge on any atom is -0.389 e. The van der Waals surface area contributed by atoms with Crippen molar-refractivity contribution in [2.45, 2.75) is 32.4 Å². The summed E-state index contributed by atoms with van der Waals surface area (Å²) >= 11 is 0. The first-order valence-corrected chi connectivity index (χ1v) is 5.90. The van der Waals surface area contributed by atoms with Crippen molar-refractivity contribution in [1.82, 2.24) is 5.32 Å². The first-order valence-electron chi connectivity index (χ1n) is 5.90. The highest BCUT2D eigenvalue weighted by Gasteiger charge is 2.14. The van der Waals surface area contributed by atoms with E-state index < -0.39 is 11.6 Å². The lowest BCUT2D eigenvalue weighted by Crippen LogP contribution is -2.36. The summed E-state index contributed by atoms with van der Waals surface area (Å²) in [6.45, 7) is 6.04. The van der Waals surface area contributed by atoms with E-state index in [9.17, 15) is 9.90 Å². The molecule has 0 radical (unpaired) electrons. The third-order valence-electron chi connectivity index (χ3n) is 2.52. The van der Waals surface area contributed by atoms with Crippen LogP contribution in [-0.2, 0) is 0 Å². The van der Waals surface area contributed by atoms with Gasteiger partial charge in [0, 0.05) is 18.3 Å². The molecule has 0 aliphatic heterocycles. The Kier molecular flexibility index (Phi) is 4.69. The van der Waals surface area contributed by atoms with Gasteiger partial charge in [-0.25, -0.2) is 4.79 Å². The predicted molar refractivity (Wildman–Crippen MR) is 72.4 cm³/mol. The third-order valence-corrected chi connectivity index (χ3v) is 2.52. The number of carbonyl (C=O) groups is 1. The Bertz CT molecular complexity index is 396. The second-order valence-corrected chi connectivity index (χ2v) is 5.03. The van der Waals surface area contributed by atoms with Crippen LogP contribution in [-0.4, -0.2) is 23.3 Å². The number of urea groups is 1. The maximum atomic E-state index is 10.7. The molecule has 1 unspecified atom stereocenters. The van der Waals surface area contributed by atoms with Crippen LogP contribution in [0.25, 0.3) is 0 Å². The fourth-order valence-electron chi connectivity index (χ4n) is 1.52. The second-order valence-electron chi connectivity index (χ2n) is 5.03. The molecule has 2 amide bonds. The van der Waals surface area contributed by atoms with E-state index in [2.05, 4.69) is 10.6 Å². The Balaban J connectivity index is 2.59. The van der Waals surface area contributed by atoms with Crippen LogP contribution in [0.5, 0.6) is 0 Å². The van der Waals surface area contributed by atoms with Gasteiger partial charge in [0.1, 0.15) is 0 Å². The maximum absolute atomic E-state index is 10.7. The second kappa shape index (κ2) is 5.84.